The lowest BCUT2D eigenvalue weighted by molar-refractivity contribution is 0.502. The van der Waals surface area contributed by atoms with Crippen LogP contribution in [0, 0.1) is 17.0 Å². The molecule has 0 bridgehead atoms. The van der Waals surface area contributed by atoms with E-state index in [4.69, 9.17) is 5.41 Å². The van der Waals surface area contributed by atoms with Gasteiger partial charge < -0.3 is 4.90 Å². The lowest BCUT2D eigenvalue weighted by Crippen LogP contribution is -2.23. The molecule has 0 fully saturated rings. The Hall–Kier alpha value is -1.45. The molecule has 0 unspecified atom stereocenters. The fourth-order valence-corrected chi connectivity index (χ4v) is 0.928. The van der Waals surface area contributed by atoms with Crippen LogP contribution in [0.25, 0.3) is 0 Å². The Balaban J connectivity index is 3.15. The summed E-state index contributed by atoms with van der Waals surface area (Å²) in [5, 5.41) is 7.44. The predicted octanol–water partition coefficient (Wildman–Crippen LogP) is 1.85. The summed E-state index contributed by atoms with van der Waals surface area (Å²) in [5.41, 5.74) is -0.0231. The zero-order valence-electron chi connectivity index (χ0n) is 7.44. The van der Waals surface area contributed by atoms with Crippen LogP contribution in [0.4, 0.5) is 8.78 Å². The fourth-order valence-electron chi connectivity index (χ4n) is 0.928. The molecule has 1 rings (SSSR count). The lowest BCUT2D eigenvalue weighted by Gasteiger charge is -2.14. The summed E-state index contributed by atoms with van der Waals surface area (Å²) in [6.07, 6.45) is 0. The van der Waals surface area contributed by atoms with E-state index in [0.29, 0.717) is 0 Å². The average molecular weight is 184 g/mol. The minimum absolute atomic E-state index is 0.0231. The first-order valence-corrected chi connectivity index (χ1v) is 3.74. The molecule has 1 aromatic carbocycles. The van der Waals surface area contributed by atoms with Gasteiger partial charge in [-0.05, 0) is 12.1 Å². The molecular formula is C9H10F2N2. The van der Waals surface area contributed by atoms with E-state index in [-0.39, 0.29) is 11.4 Å². The van der Waals surface area contributed by atoms with Crippen LogP contribution in [0.2, 0.25) is 0 Å². The van der Waals surface area contributed by atoms with Crippen LogP contribution in [0.15, 0.2) is 18.2 Å². The molecule has 0 saturated heterocycles. The van der Waals surface area contributed by atoms with Gasteiger partial charge in [0.2, 0.25) is 0 Å². The molecule has 0 radical (unpaired) electrons. The molecule has 0 atom stereocenters. The standard InChI is InChI=1S/C9H10F2N2/c1-13(2)9(12)6-4-3-5-7(10)8(6)11/h3-5,12H,1-2H3. The van der Waals surface area contributed by atoms with Crippen LogP contribution in [-0.2, 0) is 0 Å². The Morgan fingerprint density at radius 1 is 1.31 bits per heavy atom. The Bertz CT molecular complexity index is 334. The summed E-state index contributed by atoms with van der Waals surface area (Å²) >= 11 is 0. The van der Waals surface area contributed by atoms with Gasteiger partial charge in [0, 0.05) is 14.1 Å². The van der Waals surface area contributed by atoms with Gasteiger partial charge in [-0.2, -0.15) is 0 Å². The van der Waals surface area contributed by atoms with Crippen LogP contribution < -0.4 is 0 Å². The second kappa shape index (κ2) is 3.51. The molecule has 0 aliphatic heterocycles. The number of nitrogens with one attached hydrogen (secondary N) is 1. The van der Waals surface area contributed by atoms with E-state index in [9.17, 15) is 8.78 Å². The zero-order chi connectivity index (χ0) is 10.0. The van der Waals surface area contributed by atoms with E-state index in [1.165, 1.54) is 17.0 Å². The van der Waals surface area contributed by atoms with Crippen molar-refractivity contribution in [2.45, 2.75) is 0 Å². The van der Waals surface area contributed by atoms with Gasteiger partial charge >= 0.3 is 0 Å². The highest BCUT2D eigenvalue weighted by Gasteiger charge is 2.12. The predicted molar refractivity (Wildman–Crippen MR) is 46.9 cm³/mol. The molecule has 0 spiro atoms. The fraction of sp³-hybridized carbons (Fsp3) is 0.222. The number of benzene rings is 1. The van der Waals surface area contributed by atoms with Gasteiger partial charge in [0.25, 0.3) is 0 Å². The summed E-state index contributed by atoms with van der Waals surface area (Å²) in [7, 11) is 3.21. The monoisotopic (exact) mass is 184 g/mol. The van der Waals surface area contributed by atoms with E-state index >= 15 is 0 Å². The van der Waals surface area contributed by atoms with Crippen molar-refractivity contribution >= 4 is 5.84 Å². The molecule has 0 aromatic heterocycles. The maximum Gasteiger partial charge on any atom is 0.169 e. The van der Waals surface area contributed by atoms with Crippen molar-refractivity contribution < 1.29 is 8.78 Å². The number of halogens is 2. The van der Waals surface area contributed by atoms with E-state index < -0.39 is 11.6 Å². The first kappa shape index (κ1) is 9.64. The van der Waals surface area contributed by atoms with Crippen LogP contribution in [0.1, 0.15) is 5.56 Å². The molecule has 0 aliphatic rings. The van der Waals surface area contributed by atoms with Crippen molar-refractivity contribution in [1.29, 1.82) is 5.41 Å². The Kier molecular flexibility index (Phi) is 2.60. The second-order valence-corrected chi connectivity index (χ2v) is 2.84. The first-order chi connectivity index (χ1) is 6.04. The van der Waals surface area contributed by atoms with Crippen molar-refractivity contribution in [2.24, 2.45) is 0 Å². The van der Waals surface area contributed by atoms with Gasteiger partial charge in [0.15, 0.2) is 11.6 Å². The summed E-state index contributed by atoms with van der Waals surface area (Å²) in [5.74, 6) is -1.94. The third-order valence-electron chi connectivity index (χ3n) is 1.65. The third kappa shape index (κ3) is 1.83. The van der Waals surface area contributed by atoms with Crippen molar-refractivity contribution in [3.63, 3.8) is 0 Å². The number of amidine groups is 1. The maximum absolute atomic E-state index is 13.1. The van der Waals surface area contributed by atoms with Crippen LogP contribution in [-0.4, -0.2) is 24.8 Å². The molecule has 4 heteroatoms. The molecule has 0 amide bonds. The van der Waals surface area contributed by atoms with E-state index in [1.807, 2.05) is 0 Å². The number of hydrogen-bond acceptors (Lipinski definition) is 1. The number of nitrogens with zero attached hydrogens (tertiary/aromatic N) is 1. The molecule has 0 heterocycles. The van der Waals surface area contributed by atoms with Crippen molar-refractivity contribution in [3.8, 4) is 0 Å². The van der Waals surface area contributed by atoms with Crippen molar-refractivity contribution in [1.82, 2.24) is 4.90 Å². The molecule has 70 valence electrons. The molecular weight excluding hydrogens is 174 g/mol. The van der Waals surface area contributed by atoms with Crippen LogP contribution in [0.5, 0.6) is 0 Å². The highest BCUT2D eigenvalue weighted by atomic mass is 19.2. The number of rotatable bonds is 1. The molecule has 1 aromatic rings. The van der Waals surface area contributed by atoms with Crippen LogP contribution >= 0.6 is 0 Å². The topological polar surface area (TPSA) is 27.1 Å². The summed E-state index contributed by atoms with van der Waals surface area (Å²) in [6.45, 7) is 0. The first-order valence-electron chi connectivity index (χ1n) is 3.74. The van der Waals surface area contributed by atoms with Gasteiger partial charge in [0.05, 0.1) is 5.56 Å². The summed E-state index contributed by atoms with van der Waals surface area (Å²) < 4.78 is 25.8. The minimum Gasteiger partial charge on any atom is -0.363 e. The van der Waals surface area contributed by atoms with Gasteiger partial charge in [-0.25, -0.2) is 8.78 Å². The molecule has 0 aliphatic carbocycles. The molecule has 0 saturated carbocycles. The quantitative estimate of drug-likeness (QED) is 0.523. The normalized spacial score (nSPS) is 9.85. The lowest BCUT2D eigenvalue weighted by atomic mass is 10.2. The average Bonchev–Trinajstić information content (AvgIpc) is 2.08. The highest BCUT2D eigenvalue weighted by Crippen LogP contribution is 2.12. The molecule has 1 N–H and O–H groups in total. The van der Waals surface area contributed by atoms with Gasteiger partial charge in [0.1, 0.15) is 5.84 Å². The summed E-state index contributed by atoms with van der Waals surface area (Å²) in [4.78, 5) is 1.41. The van der Waals surface area contributed by atoms with E-state index in [1.54, 1.807) is 14.1 Å². The van der Waals surface area contributed by atoms with Gasteiger partial charge in [-0.15, -0.1) is 0 Å². The smallest absolute Gasteiger partial charge is 0.169 e. The highest BCUT2D eigenvalue weighted by molar-refractivity contribution is 5.96. The van der Waals surface area contributed by atoms with Crippen LogP contribution in [0.3, 0.4) is 0 Å². The Labute approximate surface area is 75.3 Å². The maximum atomic E-state index is 13.1. The zero-order valence-corrected chi connectivity index (χ0v) is 7.44. The summed E-state index contributed by atoms with van der Waals surface area (Å²) in [6, 6.07) is 3.79. The molecule has 13 heavy (non-hydrogen) atoms. The molecule has 2 nitrogen and oxygen atoms in total. The largest absolute Gasteiger partial charge is 0.363 e. The third-order valence-corrected chi connectivity index (χ3v) is 1.65. The van der Waals surface area contributed by atoms with Gasteiger partial charge in [-0.3, -0.25) is 5.41 Å². The minimum atomic E-state index is -0.971. The Morgan fingerprint density at radius 2 is 1.92 bits per heavy atom. The van der Waals surface area contributed by atoms with E-state index in [0.717, 1.165) is 6.07 Å². The SMILES string of the molecule is CN(C)C(=N)c1cccc(F)c1F. The second-order valence-electron chi connectivity index (χ2n) is 2.84. The Morgan fingerprint density at radius 3 is 2.46 bits per heavy atom. The van der Waals surface area contributed by atoms with Gasteiger partial charge in [-0.1, -0.05) is 6.07 Å². The van der Waals surface area contributed by atoms with E-state index in [2.05, 4.69) is 0 Å². The van der Waals surface area contributed by atoms with Crippen molar-refractivity contribution in [2.75, 3.05) is 14.1 Å². The number of hydrogen-bond donors (Lipinski definition) is 1. The van der Waals surface area contributed by atoms with Crippen molar-refractivity contribution in [3.05, 3.63) is 35.4 Å².